The van der Waals surface area contributed by atoms with Crippen LogP contribution in [0.3, 0.4) is 0 Å². The Kier molecular flexibility index (Phi) is 6.10. The Hall–Kier alpha value is -1.80. The van der Waals surface area contributed by atoms with E-state index < -0.39 is 0 Å². The van der Waals surface area contributed by atoms with E-state index in [1.165, 1.54) is 14.0 Å². The van der Waals surface area contributed by atoms with Gasteiger partial charge in [-0.3, -0.25) is 9.59 Å². The van der Waals surface area contributed by atoms with Gasteiger partial charge in [-0.15, -0.1) is 0 Å². The van der Waals surface area contributed by atoms with Crippen molar-refractivity contribution in [2.24, 2.45) is 5.92 Å². The fourth-order valence-corrected chi connectivity index (χ4v) is 1.54. The first-order valence-corrected chi connectivity index (χ1v) is 6.05. The van der Waals surface area contributed by atoms with Crippen LogP contribution in [0.1, 0.15) is 20.3 Å². The van der Waals surface area contributed by atoms with Crippen LogP contribution in [-0.4, -0.2) is 37.9 Å². The summed E-state index contributed by atoms with van der Waals surface area (Å²) in [4.78, 5) is 21.6. The average Bonchev–Trinajstić information content (AvgIpc) is 2.84. The van der Waals surface area contributed by atoms with E-state index in [1.54, 1.807) is 0 Å². The largest absolute Gasteiger partial charge is 0.468 e. The van der Waals surface area contributed by atoms with Gasteiger partial charge in [-0.2, -0.15) is 0 Å². The molecule has 0 saturated carbocycles. The van der Waals surface area contributed by atoms with Crippen LogP contribution >= 0.6 is 0 Å². The third kappa shape index (κ3) is 5.58. The normalized spacial score (nSPS) is 22.3. The zero-order valence-electron chi connectivity index (χ0n) is 11.3. The van der Waals surface area contributed by atoms with Crippen LogP contribution in [-0.2, 0) is 23.8 Å². The molecule has 3 atom stereocenters. The summed E-state index contributed by atoms with van der Waals surface area (Å²) in [5.74, 6) is 4.98. The lowest BCUT2D eigenvalue weighted by atomic mass is 10.1. The van der Waals surface area contributed by atoms with Crippen molar-refractivity contribution in [3.05, 3.63) is 12.2 Å². The standard InChI is InChI=1S/C14H18O5/c1-10(5-4-6-14(16)17-3)13-8-7-12(19-13)9-18-11(2)15/h7-8,10,12-13H,6,9H2,1-3H3/t10-,12-,13-/m0/s1. The lowest BCUT2D eigenvalue weighted by Gasteiger charge is -2.16. The lowest BCUT2D eigenvalue weighted by molar-refractivity contribution is -0.144. The van der Waals surface area contributed by atoms with E-state index in [2.05, 4.69) is 16.6 Å². The number of carbonyl (C=O) groups is 2. The number of hydrogen-bond donors (Lipinski definition) is 0. The molecule has 1 heterocycles. The van der Waals surface area contributed by atoms with Gasteiger partial charge in [-0.1, -0.05) is 24.0 Å². The quantitative estimate of drug-likeness (QED) is 0.433. The van der Waals surface area contributed by atoms with Crippen LogP contribution in [0.25, 0.3) is 0 Å². The highest BCUT2D eigenvalue weighted by atomic mass is 16.6. The minimum atomic E-state index is -0.352. The van der Waals surface area contributed by atoms with Gasteiger partial charge in [0.1, 0.15) is 19.1 Å². The van der Waals surface area contributed by atoms with E-state index in [0.717, 1.165) is 0 Å². The van der Waals surface area contributed by atoms with Gasteiger partial charge in [0, 0.05) is 12.8 Å². The lowest BCUT2D eigenvalue weighted by Crippen LogP contribution is -2.22. The van der Waals surface area contributed by atoms with Crippen LogP contribution in [0.5, 0.6) is 0 Å². The van der Waals surface area contributed by atoms with Crippen LogP contribution in [0, 0.1) is 17.8 Å². The van der Waals surface area contributed by atoms with Crippen molar-refractivity contribution >= 4 is 11.9 Å². The third-order valence-electron chi connectivity index (χ3n) is 2.58. The number of carbonyl (C=O) groups excluding carboxylic acids is 2. The zero-order chi connectivity index (χ0) is 14.3. The smallest absolute Gasteiger partial charge is 0.317 e. The van der Waals surface area contributed by atoms with Crippen LogP contribution in [0.2, 0.25) is 0 Å². The van der Waals surface area contributed by atoms with Gasteiger partial charge in [0.05, 0.1) is 13.2 Å². The molecule has 5 nitrogen and oxygen atoms in total. The molecule has 1 aliphatic rings. The van der Waals surface area contributed by atoms with Crippen molar-refractivity contribution in [1.29, 1.82) is 0 Å². The third-order valence-corrected chi connectivity index (χ3v) is 2.58. The van der Waals surface area contributed by atoms with E-state index in [9.17, 15) is 9.59 Å². The summed E-state index contributed by atoms with van der Waals surface area (Å²) in [6.45, 7) is 3.48. The molecular weight excluding hydrogens is 248 g/mol. The maximum absolute atomic E-state index is 10.9. The minimum Gasteiger partial charge on any atom is -0.468 e. The number of methoxy groups -OCH3 is 1. The highest BCUT2D eigenvalue weighted by Gasteiger charge is 2.23. The van der Waals surface area contributed by atoms with Crippen LogP contribution in [0.4, 0.5) is 0 Å². The summed E-state index contributed by atoms with van der Waals surface area (Å²) < 4.78 is 15.0. The molecule has 0 radical (unpaired) electrons. The molecule has 0 bridgehead atoms. The Morgan fingerprint density at radius 1 is 1.42 bits per heavy atom. The maximum Gasteiger partial charge on any atom is 0.317 e. The molecular formula is C14H18O5. The molecule has 0 spiro atoms. The van der Waals surface area contributed by atoms with Gasteiger partial charge >= 0.3 is 11.9 Å². The SMILES string of the molecule is COC(=O)CC#C[C@H](C)[C@@H]1C=C[C@@H](COC(C)=O)O1. The molecule has 0 fully saturated rings. The number of ether oxygens (including phenoxy) is 3. The van der Waals surface area contributed by atoms with Crippen LogP contribution < -0.4 is 0 Å². The highest BCUT2D eigenvalue weighted by molar-refractivity contribution is 5.72. The minimum absolute atomic E-state index is 0.0387. The van der Waals surface area contributed by atoms with E-state index in [1.807, 2.05) is 19.1 Å². The molecule has 0 saturated heterocycles. The first-order chi connectivity index (χ1) is 9.02. The number of hydrogen-bond acceptors (Lipinski definition) is 5. The zero-order valence-corrected chi connectivity index (χ0v) is 11.3. The summed E-state index contributed by atoms with van der Waals surface area (Å²) in [7, 11) is 1.33. The summed E-state index contributed by atoms with van der Waals surface area (Å²) in [6, 6.07) is 0. The van der Waals surface area contributed by atoms with Crippen molar-refractivity contribution in [2.75, 3.05) is 13.7 Å². The monoisotopic (exact) mass is 266 g/mol. The fourth-order valence-electron chi connectivity index (χ4n) is 1.54. The Bertz CT molecular complexity index is 415. The van der Waals surface area contributed by atoms with Gasteiger partial charge in [-0.05, 0) is 6.92 Å². The molecule has 0 aromatic rings. The van der Waals surface area contributed by atoms with Crippen molar-refractivity contribution in [3.8, 4) is 11.8 Å². The van der Waals surface area contributed by atoms with Crippen molar-refractivity contribution in [3.63, 3.8) is 0 Å². The van der Waals surface area contributed by atoms with E-state index in [4.69, 9.17) is 9.47 Å². The molecule has 0 amide bonds. The Labute approximate surface area is 112 Å². The molecule has 104 valence electrons. The Morgan fingerprint density at radius 2 is 2.16 bits per heavy atom. The number of rotatable bonds is 4. The van der Waals surface area contributed by atoms with Gasteiger partial charge < -0.3 is 14.2 Å². The first kappa shape index (κ1) is 15.3. The predicted octanol–water partition coefficient (Wildman–Crippen LogP) is 1.08. The first-order valence-electron chi connectivity index (χ1n) is 6.05. The summed E-state index contributed by atoms with van der Waals surface area (Å²) >= 11 is 0. The molecule has 0 unspecified atom stereocenters. The average molecular weight is 266 g/mol. The second-order valence-electron chi connectivity index (χ2n) is 4.19. The van der Waals surface area contributed by atoms with Gasteiger partial charge in [-0.25, -0.2) is 0 Å². The van der Waals surface area contributed by atoms with E-state index in [-0.39, 0.29) is 43.1 Å². The Morgan fingerprint density at radius 3 is 2.79 bits per heavy atom. The van der Waals surface area contributed by atoms with Gasteiger partial charge in [0.15, 0.2) is 0 Å². The molecule has 0 aliphatic carbocycles. The van der Waals surface area contributed by atoms with Gasteiger partial charge in [0.25, 0.3) is 0 Å². The molecule has 1 rings (SSSR count). The predicted molar refractivity (Wildman–Crippen MR) is 68.0 cm³/mol. The highest BCUT2D eigenvalue weighted by Crippen LogP contribution is 2.18. The molecule has 0 N–H and O–H groups in total. The summed E-state index contributed by atoms with van der Waals surface area (Å²) in [6.07, 6.45) is 3.45. The molecule has 1 aliphatic heterocycles. The van der Waals surface area contributed by atoms with Crippen molar-refractivity contribution in [2.45, 2.75) is 32.5 Å². The molecule has 5 heteroatoms. The van der Waals surface area contributed by atoms with Crippen molar-refractivity contribution in [1.82, 2.24) is 0 Å². The Balaban J connectivity index is 2.36. The van der Waals surface area contributed by atoms with E-state index >= 15 is 0 Å². The van der Waals surface area contributed by atoms with E-state index in [0.29, 0.717) is 0 Å². The van der Waals surface area contributed by atoms with Crippen LogP contribution in [0.15, 0.2) is 12.2 Å². The second kappa shape index (κ2) is 7.59. The van der Waals surface area contributed by atoms with Gasteiger partial charge in [0.2, 0.25) is 0 Å². The fraction of sp³-hybridized carbons (Fsp3) is 0.571. The summed E-state index contributed by atoms with van der Waals surface area (Å²) in [5, 5.41) is 0. The second-order valence-corrected chi connectivity index (χ2v) is 4.19. The van der Waals surface area contributed by atoms with Crippen molar-refractivity contribution < 1.29 is 23.8 Å². The molecule has 0 aromatic heterocycles. The molecule has 19 heavy (non-hydrogen) atoms. The number of esters is 2. The topological polar surface area (TPSA) is 61.8 Å². The summed E-state index contributed by atoms with van der Waals surface area (Å²) in [5.41, 5.74) is 0. The molecule has 0 aromatic carbocycles. The maximum atomic E-state index is 10.9.